The van der Waals surface area contributed by atoms with E-state index < -0.39 is 4.87 Å². The van der Waals surface area contributed by atoms with Crippen molar-refractivity contribution in [3.05, 3.63) is 70.1 Å². The molecular weight excluding hydrogens is 352 g/mol. The highest BCUT2D eigenvalue weighted by Gasteiger charge is 2.58. The Labute approximate surface area is 153 Å². The molecule has 0 aliphatic carbocycles. The second-order valence-electron chi connectivity index (χ2n) is 6.02. The number of aryl methyl sites for hydroxylation is 1. The SMILES string of the molecule is Cc1ccc(N=C2NN3C(=CSC34C(=O)Nc3ccccc34)S2)cc1. The zero-order valence-electron chi connectivity index (χ0n) is 13.3. The number of benzene rings is 2. The van der Waals surface area contributed by atoms with E-state index in [1.807, 2.05) is 58.9 Å². The van der Waals surface area contributed by atoms with Gasteiger partial charge in [-0.2, -0.15) is 0 Å². The lowest BCUT2D eigenvalue weighted by Crippen LogP contribution is -2.49. The first-order valence-electron chi connectivity index (χ1n) is 7.86. The number of fused-ring (bicyclic) bond motifs is 4. The molecule has 25 heavy (non-hydrogen) atoms. The Kier molecular flexibility index (Phi) is 3.17. The van der Waals surface area contributed by atoms with Crippen molar-refractivity contribution in [2.24, 2.45) is 4.99 Å². The van der Waals surface area contributed by atoms with Crippen molar-refractivity contribution in [2.75, 3.05) is 5.32 Å². The highest BCUT2D eigenvalue weighted by atomic mass is 32.2. The molecule has 1 spiro atoms. The van der Waals surface area contributed by atoms with Gasteiger partial charge in [-0.1, -0.05) is 47.7 Å². The molecule has 1 saturated heterocycles. The van der Waals surface area contributed by atoms with Gasteiger partial charge in [-0.3, -0.25) is 10.2 Å². The molecule has 2 N–H and O–H groups in total. The fourth-order valence-electron chi connectivity index (χ4n) is 3.16. The maximum Gasteiger partial charge on any atom is 0.267 e. The summed E-state index contributed by atoms with van der Waals surface area (Å²) in [6, 6.07) is 15.9. The van der Waals surface area contributed by atoms with Gasteiger partial charge in [0.25, 0.3) is 5.91 Å². The van der Waals surface area contributed by atoms with E-state index in [4.69, 9.17) is 0 Å². The molecule has 1 amide bonds. The summed E-state index contributed by atoms with van der Waals surface area (Å²) in [5, 5.41) is 8.70. The standard InChI is InChI=1S/C18H14N4OS2/c1-11-6-8-12(9-7-11)19-17-21-22-15(25-17)10-24-18(22)13-4-2-3-5-14(13)20-16(18)23/h2-10H,1H3,(H,19,21)(H,20,23). The Balaban J connectivity index is 1.51. The van der Waals surface area contributed by atoms with Crippen LogP contribution >= 0.6 is 23.5 Å². The first-order chi connectivity index (χ1) is 12.2. The van der Waals surface area contributed by atoms with E-state index in [9.17, 15) is 4.79 Å². The van der Waals surface area contributed by atoms with Gasteiger partial charge in [-0.15, -0.1) is 0 Å². The van der Waals surface area contributed by atoms with Crippen molar-refractivity contribution in [3.63, 3.8) is 0 Å². The van der Waals surface area contributed by atoms with Crippen molar-refractivity contribution >= 4 is 46.0 Å². The van der Waals surface area contributed by atoms with Crippen molar-refractivity contribution in [1.82, 2.24) is 10.4 Å². The van der Waals surface area contributed by atoms with Crippen LogP contribution in [-0.2, 0) is 9.67 Å². The fraction of sp³-hybridized carbons (Fsp3) is 0.111. The van der Waals surface area contributed by atoms with Gasteiger partial charge in [-0.05, 0) is 36.9 Å². The Morgan fingerprint density at radius 2 is 1.92 bits per heavy atom. The molecule has 5 nitrogen and oxygen atoms in total. The van der Waals surface area contributed by atoms with Gasteiger partial charge in [0.2, 0.25) is 4.87 Å². The maximum absolute atomic E-state index is 12.8. The third kappa shape index (κ3) is 2.12. The third-order valence-electron chi connectivity index (χ3n) is 4.39. The number of carbonyl (C=O) groups is 1. The predicted molar refractivity (Wildman–Crippen MR) is 103 cm³/mol. The van der Waals surface area contributed by atoms with Gasteiger partial charge in [0, 0.05) is 16.7 Å². The maximum atomic E-state index is 12.8. The molecule has 2 aromatic carbocycles. The first kappa shape index (κ1) is 14.9. The van der Waals surface area contributed by atoms with E-state index in [1.54, 1.807) is 11.8 Å². The third-order valence-corrected chi connectivity index (χ3v) is 6.69. The Bertz CT molecular complexity index is 954. The summed E-state index contributed by atoms with van der Waals surface area (Å²) in [7, 11) is 0. The summed E-state index contributed by atoms with van der Waals surface area (Å²) in [5.74, 6) is -0.0327. The summed E-state index contributed by atoms with van der Waals surface area (Å²) in [6.45, 7) is 2.05. The number of nitrogens with zero attached hydrogens (tertiary/aromatic N) is 2. The molecule has 0 aromatic heterocycles. The quantitative estimate of drug-likeness (QED) is 0.802. The van der Waals surface area contributed by atoms with Crippen molar-refractivity contribution < 1.29 is 4.79 Å². The minimum Gasteiger partial charge on any atom is -0.322 e. The molecule has 2 aromatic rings. The summed E-state index contributed by atoms with van der Waals surface area (Å²) < 4.78 is 0. The van der Waals surface area contributed by atoms with Crippen LogP contribution in [0.1, 0.15) is 11.1 Å². The van der Waals surface area contributed by atoms with E-state index in [2.05, 4.69) is 22.7 Å². The largest absolute Gasteiger partial charge is 0.322 e. The molecule has 3 aliphatic heterocycles. The molecule has 1 fully saturated rings. The number of rotatable bonds is 1. The van der Waals surface area contributed by atoms with Gasteiger partial charge in [0.05, 0.1) is 5.69 Å². The van der Waals surface area contributed by atoms with Crippen LogP contribution in [0, 0.1) is 6.92 Å². The van der Waals surface area contributed by atoms with Gasteiger partial charge >= 0.3 is 0 Å². The fourth-order valence-corrected chi connectivity index (χ4v) is 5.40. The molecule has 0 saturated carbocycles. The van der Waals surface area contributed by atoms with Crippen LogP contribution in [0.5, 0.6) is 0 Å². The highest BCUT2D eigenvalue weighted by Crippen LogP contribution is 2.57. The van der Waals surface area contributed by atoms with Crippen LogP contribution in [0.25, 0.3) is 0 Å². The molecule has 0 bridgehead atoms. The molecule has 1 atom stereocenters. The number of hydrogen-bond acceptors (Lipinski definition) is 5. The van der Waals surface area contributed by atoms with Gasteiger partial charge < -0.3 is 5.32 Å². The number of hydrazine groups is 1. The second kappa shape index (κ2) is 5.31. The average molecular weight is 366 g/mol. The van der Waals surface area contributed by atoms with Crippen molar-refractivity contribution in [3.8, 4) is 0 Å². The molecule has 3 aliphatic rings. The van der Waals surface area contributed by atoms with E-state index in [1.165, 1.54) is 17.3 Å². The van der Waals surface area contributed by atoms with Crippen LogP contribution in [0.3, 0.4) is 0 Å². The minimum atomic E-state index is -0.802. The number of amidine groups is 1. The van der Waals surface area contributed by atoms with Crippen molar-refractivity contribution in [2.45, 2.75) is 11.8 Å². The topological polar surface area (TPSA) is 56.7 Å². The molecule has 1 unspecified atom stereocenters. The lowest BCUT2D eigenvalue weighted by Gasteiger charge is -2.31. The Morgan fingerprint density at radius 3 is 2.76 bits per heavy atom. The van der Waals surface area contributed by atoms with Gasteiger partial charge in [0.15, 0.2) is 5.17 Å². The predicted octanol–water partition coefficient (Wildman–Crippen LogP) is 3.89. The molecule has 124 valence electrons. The lowest BCUT2D eigenvalue weighted by atomic mass is 10.1. The number of carbonyl (C=O) groups excluding carboxylic acids is 1. The molecule has 3 heterocycles. The summed E-state index contributed by atoms with van der Waals surface area (Å²) in [6.07, 6.45) is 0. The zero-order valence-corrected chi connectivity index (χ0v) is 14.9. The van der Waals surface area contributed by atoms with E-state index in [-0.39, 0.29) is 5.91 Å². The van der Waals surface area contributed by atoms with Crippen LogP contribution in [0.15, 0.2) is 64.0 Å². The number of hydrogen-bond donors (Lipinski definition) is 2. The first-order valence-corrected chi connectivity index (χ1v) is 9.55. The smallest absolute Gasteiger partial charge is 0.267 e. The second-order valence-corrected chi connectivity index (χ2v) is 8.09. The summed E-state index contributed by atoms with van der Waals surface area (Å²) >= 11 is 3.06. The van der Waals surface area contributed by atoms with E-state index in [0.29, 0.717) is 0 Å². The van der Waals surface area contributed by atoms with Gasteiger partial charge in [-0.25, -0.2) is 10.0 Å². The number of thioether (sulfide) groups is 2. The highest BCUT2D eigenvalue weighted by molar-refractivity contribution is 8.18. The van der Waals surface area contributed by atoms with Crippen molar-refractivity contribution in [1.29, 1.82) is 0 Å². The van der Waals surface area contributed by atoms with Crippen LogP contribution < -0.4 is 10.7 Å². The van der Waals surface area contributed by atoms with Crippen LogP contribution in [-0.4, -0.2) is 16.1 Å². The summed E-state index contributed by atoms with van der Waals surface area (Å²) in [5.41, 5.74) is 7.25. The minimum absolute atomic E-state index is 0.0327. The van der Waals surface area contributed by atoms with E-state index in [0.717, 1.165) is 27.1 Å². The zero-order chi connectivity index (χ0) is 17.0. The normalized spacial score (nSPS) is 25.0. The van der Waals surface area contributed by atoms with Crippen LogP contribution in [0.4, 0.5) is 11.4 Å². The number of amides is 1. The lowest BCUT2D eigenvalue weighted by molar-refractivity contribution is -0.121. The molecule has 5 rings (SSSR count). The number of anilines is 1. The Hall–Kier alpha value is -2.38. The number of nitrogens with one attached hydrogen (secondary N) is 2. The number of para-hydroxylation sites is 1. The van der Waals surface area contributed by atoms with E-state index >= 15 is 0 Å². The Morgan fingerprint density at radius 1 is 1.12 bits per heavy atom. The molecule has 0 radical (unpaired) electrons. The average Bonchev–Trinajstić information content (AvgIpc) is 3.24. The monoisotopic (exact) mass is 366 g/mol. The van der Waals surface area contributed by atoms with Gasteiger partial charge in [0.1, 0.15) is 5.03 Å². The molecule has 7 heteroatoms. The summed E-state index contributed by atoms with van der Waals surface area (Å²) in [4.78, 5) is 16.7. The molecular formula is C18H14N4OS2. The van der Waals surface area contributed by atoms with Crippen LogP contribution in [0.2, 0.25) is 0 Å². The number of aliphatic imine (C=N–C) groups is 1.